The van der Waals surface area contributed by atoms with E-state index in [4.69, 9.17) is 0 Å². The fourth-order valence-electron chi connectivity index (χ4n) is 2.57. The molecule has 1 nitrogen and oxygen atoms in total. The SMILES string of the molecule is CCCCCC(NC1(C(F)(F)F)CC1)c1ccccc1. The molecule has 4 heteroatoms. The van der Waals surface area contributed by atoms with Crippen LogP contribution in [0, 0.1) is 0 Å². The molecule has 112 valence electrons. The highest BCUT2D eigenvalue weighted by molar-refractivity contribution is 5.21. The van der Waals surface area contributed by atoms with Gasteiger partial charge in [0.2, 0.25) is 0 Å². The second kappa shape index (κ2) is 6.17. The van der Waals surface area contributed by atoms with E-state index in [-0.39, 0.29) is 18.9 Å². The molecule has 20 heavy (non-hydrogen) atoms. The summed E-state index contributed by atoms with van der Waals surface area (Å²) in [6, 6.07) is 9.29. The lowest BCUT2D eigenvalue weighted by molar-refractivity contribution is -0.168. The molecule has 1 unspecified atom stereocenters. The monoisotopic (exact) mass is 285 g/mol. The van der Waals surface area contributed by atoms with Crippen molar-refractivity contribution in [2.75, 3.05) is 0 Å². The van der Waals surface area contributed by atoms with Crippen LogP contribution in [0.2, 0.25) is 0 Å². The van der Waals surface area contributed by atoms with E-state index in [2.05, 4.69) is 12.2 Å². The van der Waals surface area contributed by atoms with Crippen molar-refractivity contribution >= 4 is 0 Å². The lowest BCUT2D eigenvalue weighted by Gasteiger charge is -2.28. The maximum atomic E-state index is 13.1. The smallest absolute Gasteiger partial charge is 0.297 e. The average molecular weight is 285 g/mol. The molecule has 1 aromatic rings. The minimum atomic E-state index is -4.15. The molecule has 1 N–H and O–H groups in total. The van der Waals surface area contributed by atoms with Crippen molar-refractivity contribution in [2.24, 2.45) is 0 Å². The Morgan fingerprint density at radius 2 is 1.80 bits per heavy atom. The van der Waals surface area contributed by atoms with Crippen LogP contribution in [0.3, 0.4) is 0 Å². The predicted octanol–water partition coefficient (Wildman–Crippen LogP) is 4.99. The Hall–Kier alpha value is -1.03. The molecule has 1 atom stereocenters. The highest BCUT2D eigenvalue weighted by Crippen LogP contribution is 2.50. The van der Waals surface area contributed by atoms with Crippen molar-refractivity contribution in [3.05, 3.63) is 35.9 Å². The Balaban J connectivity index is 2.07. The van der Waals surface area contributed by atoms with Gasteiger partial charge < -0.3 is 0 Å². The number of hydrogen-bond acceptors (Lipinski definition) is 1. The van der Waals surface area contributed by atoms with Crippen LogP contribution in [-0.4, -0.2) is 11.7 Å². The summed E-state index contributed by atoms with van der Waals surface area (Å²) in [7, 11) is 0. The summed E-state index contributed by atoms with van der Waals surface area (Å²) in [5.74, 6) is 0. The van der Waals surface area contributed by atoms with Crippen LogP contribution in [0.15, 0.2) is 30.3 Å². The lowest BCUT2D eigenvalue weighted by Crippen LogP contribution is -2.46. The largest absolute Gasteiger partial charge is 0.406 e. The fourth-order valence-corrected chi connectivity index (χ4v) is 2.57. The zero-order chi connectivity index (χ0) is 14.6. The van der Waals surface area contributed by atoms with Gasteiger partial charge in [-0.1, -0.05) is 56.5 Å². The summed E-state index contributed by atoms with van der Waals surface area (Å²) >= 11 is 0. The number of nitrogens with one attached hydrogen (secondary N) is 1. The standard InChI is InChI=1S/C16H22F3N/c1-2-3-5-10-14(13-8-6-4-7-9-13)20-15(11-12-15)16(17,18)19/h4,6-9,14,20H,2-3,5,10-12H2,1H3. The third-order valence-corrected chi connectivity index (χ3v) is 4.04. The van der Waals surface area contributed by atoms with Gasteiger partial charge in [0.1, 0.15) is 5.54 Å². The van der Waals surface area contributed by atoms with E-state index in [1.165, 1.54) is 0 Å². The Morgan fingerprint density at radius 3 is 2.30 bits per heavy atom. The number of halogens is 3. The molecule has 0 heterocycles. The number of benzene rings is 1. The van der Waals surface area contributed by atoms with Crippen LogP contribution >= 0.6 is 0 Å². The summed E-state index contributed by atoms with van der Waals surface area (Å²) in [4.78, 5) is 0. The second-order valence-electron chi connectivity index (χ2n) is 5.68. The maximum Gasteiger partial charge on any atom is 0.406 e. The minimum Gasteiger partial charge on any atom is -0.297 e. The summed E-state index contributed by atoms with van der Waals surface area (Å²) in [6.07, 6.45) is 0.106. The molecule has 0 spiro atoms. The van der Waals surface area contributed by atoms with E-state index >= 15 is 0 Å². The molecule has 0 bridgehead atoms. The first-order valence-electron chi connectivity index (χ1n) is 7.38. The summed E-state index contributed by atoms with van der Waals surface area (Å²) in [5, 5.41) is 2.89. The third-order valence-electron chi connectivity index (χ3n) is 4.04. The normalized spacial score (nSPS) is 18.8. The van der Waals surface area contributed by atoms with Crippen molar-refractivity contribution in [3.63, 3.8) is 0 Å². The molecular weight excluding hydrogens is 263 g/mol. The highest BCUT2D eigenvalue weighted by Gasteiger charge is 2.63. The van der Waals surface area contributed by atoms with Gasteiger partial charge in [-0.05, 0) is 24.8 Å². The van der Waals surface area contributed by atoms with Crippen molar-refractivity contribution < 1.29 is 13.2 Å². The van der Waals surface area contributed by atoms with E-state index in [0.717, 1.165) is 31.2 Å². The van der Waals surface area contributed by atoms with Gasteiger partial charge in [0.05, 0.1) is 0 Å². The van der Waals surface area contributed by atoms with Gasteiger partial charge in [-0.3, -0.25) is 5.32 Å². The number of rotatable bonds is 7. The van der Waals surface area contributed by atoms with Gasteiger partial charge >= 0.3 is 6.18 Å². The molecule has 1 aliphatic rings. The van der Waals surface area contributed by atoms with Crippen molar-refractivity contribution in [2.45, 2.75) is 63.2 Å². The number of unbranched alkanes of at least 4 members (excludes halogenated alkanes) is 2. The first-order valence-corrected chi connectivity index (χ1v) is 7.38. The van der Waals surface area contributed by atoms with Crippen LogP contribution in [0.1, 0.15) is 57.1 Å². The molecule has 2 rings (SSSR count). The van der Waals surface area contributed by atoms with E-state index < -0.39 is 11.7 Å². The molecule has 0 radical (unpaired) electrons. The molecular formula is C16H22F3N. The predicted molar refractivity (Wildman–Crippen MR) is 74.5 cm³/mol. The average Bonchev–Trinajstić information content (AvgIpc) is 3.19. The zero-order valence-corrected chi connectivity index (χ0v) is 11.8. The molecule has 1 saturated carbocycles. The first kappa shape index (κ1) is 15.4. The van der Waals surface area contributed by atoms with Gasteiger partial charge in [-0.2, -0.15) is 13.2 Å². The maximum absolute atomic E-state index is 13.1. The quantitative estimate of drug-likeness (QED) is 0.696. The van der Waals surface area contributed by atoms with Gasteiger partial charge in [0.25, 0.3) is 0 Å². The van der Waals surface area contributed by atoms with Gasteiger partial charge in [0.15, 0.2) is 0 Å². The summed E-state index contributed by atoms with van der Waals surface area (Å²) < 4.78 is 39.3. The van der Waals surface area contributed by atoms with Crippen molar-refractivity contribution in [1.29, 1.82) is 0 Å². The van der Waals surface area contributed by atoms with Gasteiger partial charge in [-0.15, -0.1) is 0 Å². The number of hydrogen-bond donors (Lipinski definition) is 1. The van der Waals surface area contributed by atoms with E-state index in [1.807, 2.05) is 30.3 Å². The summed E-state index contributed by atoms with van der Waals surface area (Å²) in [6.45, 7) is 2.10. The summed E-state index contributed by atoms with van der Waals surface area (Å²) in [5.41, 5.74) is -0.682. The van der Waals surface area contributed by atoms with Crippen LogP contribution in [0.4, 0.5) is 13.2 Å². The molecule has 1 fully saturated rings. The van der Waals surface area contributed by atoms with E-state index in [0.29, 0.717) is 0 Å². The Kier molecular flexibility index (Phi) is 4.74. The molecule has 0 aromatic heterocycles. The van der Waals surface area contributed by atoms with Gasteiger partial charge in [-0.25, -0.2) is 0 Å². The van der Waals surface area contributed by atoms with Crippen LogP contribution in [-0.2, 0) is 0 Å². The Labute approximate surface area is 118 Å². The molecule has 1 aromatic carbocycles. The Bertz CT molecular complexity index is 409. The van der Waals surface area contributed by atoms with Crippen molar-refractivity contribution in [3.8, 4) is 0 Å². The molecule has 0 aliphatic heterocycles. The highest BCUT2D eigenvalue weighted by atomic mass is 19.4. The molecule has 1 aliphatic carbocycles. The molecule has 0 amide bonds. The van der Waals surface area contributed by atoms with Crippen LogP contribution < -0.4 is 5.32 Å². The van der Waals surface area contributed by atoms with Crippen molar-refractivity contribution in [1.82, 2.24) is 5.32 Å². The minimum absolute atomic E-state index is 0.202. The molecule has 0 saturated heterocycles. The third kappa shape index (κ3) is 3.54. The van der Waals surface area contributed by atoms with Crippen LogP contribution in [0.25, 0.3) is 0 Å². The Morgan fingerprint density at radius 1 is 1.15 bits per heavy atom. The topological polar surface area (TPSA) is 12.0 Å². The second-order valence-corrected chi connectivity index (χ2v) is 5.68. The van der Waals surface area contributed by atoms with Gasteiger partial charge in [0, 0.05) is 6.04 Å². The first-order chi connectivity index (χ1) is 9.48. The number of alkyl halides is 3. The fraction of sp³-hybridized carbons (Fsp3) is 0.625. The zero-order valence-electron chi connectivity index (χ0n) is 11.8. The van der Waals surface area contributed by atoms with E-state index in [9.17, 15) is 13.2 Å². The van der Waals surface area contributed by atoms with E-state index in [1.54, 1.807) is 0 Å². The van der Waals surface area contributed by atoms with Crippen LogP contribution in [0.5, 0.6) is 0 Å². The lowest BCUT2D eigenvalue weighted by atomic mass is 9.99.